The zero-order valence-corrected chi connectivity index (χ0v) is 25.9. The van der Waals surface area contributed by atoms with Gasteiger partial charge >= 0.3 is 19.2 Å². The molecule has 3 aliphatic heterocycles. The van der Waals surface area contributed by atoms with E-state index in [1.165, 1.54) is 17.2 Å². The molecule has 10 atom stereocenters. The van der Waals surface area contributed by atoms with Crippen LogP contribution in [-0.4, -0.2) is 104 Å². The van der Waals surface area contributed by atoms with Gasteiger partial charge in [-0.15, -0.1) is 0 Å². The van der Waals surface area contributed by atoms with Crippen LogP contribution in [0.25, 0.3) is 22.3 Å². The number of imidazole rings is 2. The number of rotatable bonds is 2. The zero-order valence-electron chi connectivity index (χ0n) is 22.4. The summed E-state index contributed by atoms with van der Waals surface area (Å²) < 4.78 is 50.1. The number of fused-ring (bicyclic) bond motifs is 5. The Morgan fingerprint density at radius 3 is 2.40 bits per heavy atom. The number of hydrogen-bond acceptors (Lipinski definition) is 18. The topological polar surface area (TPSA) is 292 Å². The van der Waals surface area contributed by atoms with Gasteiger partial charge in [-0.05, 0) is 11.8 Å². The van der Waals surface area contributed by atoms with Gasteiger partial charge in [0.05, 0.1) is 19.5 Å². The number of aliphatic hydroxyl groups is 2. The molecule has 4 aromatic heterocycles. The van der Waals surface area contributed by atoms with Crippen LogP contribution in [0.2, 0.25) is 0 Å². The molecule has 3 aliphatic rings. The summed E-state index contributed by atoms with van der Waals surface area (Å²) in [6.07, 6.45) is -7.75. The van der Waals surface area contributed by atoms with Crippen LogP contribution in [0.4, 0.5) is 11.6 Å². The molecule has 21 nitrogen and oxygen atoms in total. The fourth-order valence-electron chi connectivity index (χ4n) is 5.34. The van der Waals surface area contributed by atoms with Gasteiger partial charge in [0.25, 0.3) is 0 Å². The summed E-state index contributed by atoms with van der Waals surface area (Å²) in [6, 6.07) is 0. The second-order valence-corrected chi connectivity index (χ2v) is 15.8. The van der Waals surface area contributed by atoms with Crippen molar-refractivity contribution in [2.24, 2.45) is 0 Å². The Labute approximate surface area is 260 Å². The zero-order chi connectivity index (χ0) is 31.8. The van der Waals surface area contributed by atoms with Crippen LogP contribution in [0, 0.1) is 0 Å². The number of anilines is 2. The first-order valence-corrected chi connectivity index (χ1v) is 18.2. The van der Waals surface area contributed by atoms with Crippen LogP contribution < -0.4 is 17.2 Å². The lowest BCUT2D eigenvalue weighted by molar-refractivity contribution is -0.0593. The van der Waals surface area contributed by atoms with Crippen molar-refractivity contribution < 1.29 is 47.2 Å². The van der Waals surface area contributed by atoms with E-state index >= 15 is 0 Å². The maximum atomic E-state index is 13.5. The molecule has 0 aliphatic carbocycles. The third kappa shape index (κ3) is 5.46. The third-order valence-corrected chi connectivity index (χ3v) is 10.6. The van der Waals surface area contributed by atoms with Gasteiger partial charge in [0.1, 0.15) is 60.3 Å². The molecule has 7 heterocycles. The second-order valence-electron chi connectivity index (χ2n) is 10.1. The summed E-state index contributed by atoms with van der Waals surface area (Å²) >= 11 is 9.28. The molecule has 0 aromatic carbocycles. The smallest absolute Gasteiger partial charge is 0.386 e. The van der Waals surface area contributed by atoms with E-state index in [1.807, 2.05) is 0 Å². The summed E-state index contributed by atoms with van der Waals surface area (Å²) in [5.74, 6) is 0.0466. The molecule has 4 aromatic rings. The number of aliphatic hydroxyl groups excluding tert-OH is 2. The Morgan fingerprint density at radius 2 is 1.62 bits per heavy atom. The number of hydrogen-bond donors (Lipinski definition) is 7. The van der Waals surface area contributed by atoms with E-state index in [2.05, 4.69) is 42.2 Å². The van der Waals surface area contributed by atoms with E-state index in [-0.39, 0.29) is 34.0 Å². The molecular weight excluding hydrogens is 682 g/mol. The Balaban J connectivity index is 1.21. The lowest BCUT2D eigenvalue weighted by atomic mass is 10.1. The number of nitrogens with two attached hydrogens (primary N) is 2. The summed E-state index contributed by atoms with van der Waals surface area (Å²) in [7, 11) is 0. The summed E-state index contributed by atoms with van der Waals surface area (Å²) in [5.41, 5.74) is 11.5. The summed E-state index contributed by atoms with van der Waals surface area (Å²) in [5, 5.41) is 22.4. The standard InChI is InChI=1S/C20H24N10O11P2S2/c21-14-8-16(25-3-23-14)29(5-27-8)19-13-10(31)6(38-19)1-36-42(34,44)40-12-7(2-37-43(35,45)41-13)39-18(11(12)32)30-17-9(28-20(30)33)15(22)24-4-26-17/h3-7,10-13,18-19,31-32H,1-2H2,(H,28,33)(H,34,44)(H,35,45)(H2,21,23,25)(H2,22,24,26)/t6-,7-,10-,11-,12-,13-,18-,19-,42?,43?/m1/s1. The van der Waals surface area contributed by atoms with E-state index < -0.39 is 81.5 Å². The van der Waals surface area contributed by atoms with E-state index in [9.17, 15) is 24.5 Å². The maximum Gasteiger partial charge on any atom is 0.386 e. The van der Waals surface area contributed by atoms with Crippen LogP contribution >= 0.6 is 25.8 Å². The SMILES string of the molecule is Nc1ncnc2c1ncn2[C@@H]1O[C@@H]2COP(O)(=S)O[C@H]3[C@@H](O)[C@H](n4c(=O)[nH]c5c(N)ncnc54)O[C@@H]3COP(=O)(S)O[C@@H]1[C@@H]2O. The first-order valence-electron chi connectivity index (χ1n) is 13.0. The van der Waals surface area contributed by atoms with Crippen LogP contribution in [0.5, 0.6) is 0 Å². The van der Waals surface area contributed by atoms with Gasteiger partial charge in [0, 0.05) is 0 Å². The molecule has 2 bridgehead atoms. The van der Waals surface area contributed by atoms with Crippen molar-refractivity contribution in [2.45, 2.75) is 49.1 Å². The van der Waals surface area contributed by atoms with Crippen molar-refractivity contribution in [3.63, 3.8) is 0 Å². The van der Waals surface area contributed by atoms with Gasteiger partial charge in [0.15, 0.2) is 35.4 Å². The highest BCUT2D eigenvalue weighted by atomic mass is 32.7. The highest BCUT2D eigenvalue weighted by Crippen LogP contribution is 2.58. The minimum atomic E-state index is -4.37. The predicted octanol–water partition coefficient (Wildman–Crippen LogP) is -1.29. The second kappa shape index (κ2) is 11.3. The molecule has 3 saturated heterocycles. The number of aromatic nitrogens is 8. The molecule has 25 heteroatoms. The lowest BCUT2D eigenvalue weighted by Gasteiger charge is -2.27. The predicted molar refractivity (Wildman–Crippen MR) is 157 cm³/mol. The molecule has 3 fully saturated rings. The molecule has 242 valence electrons. The fourth-order valence-corrected chi connectivity index (χ4v) is 8.25. The van der Waals surface area contributed by atoms with Gasteiger partial charge in [-0.1, -0.05) is 12.2 Å². The normalized spacial score (nSPS) is 37.7. The minimum absolute atomic E-state index is 0.00181. The Bertz CT molecular complexity index is 1940. The van der Waals surface area contributed by atoms with Crippen molar-refractivity contribution in [2.75, 3.05) is 24.7 Å². The Hall–Kier alpha value is -2.63. The van der Waals surface area contributed by atoms with Crippen molar-refractivity contribution in [1.29, 1.82) is 0 Å². The van der Waals surface area contributed by atoms with Gasteiger partial charge in [-0.25, -0.2) is 38.8 Å². The number of thiol groups is 1. The number of H-pyrrole nitrogens is 1. The maximum absolute atomic E-state index is 13.5. The molecule has 8 N–H and O–H groups in total. The average molecular weight is 707 g/mol. The molecule has 0 spiro atoms. The van der Waals surface area contributed by atoms with Crippen molar-refractivity contribution in [3.8, 4) is 0 Å². The van der Waals surface area contributed by atoms with Gasteiger partial charge < -0.3 is 45.6 Å². The van der Waals surface area contributed by atoms with Crippen LogP contribution in [0.15, 0.2) is 23.8 Å². The largest absolute Gasteiger partial charge is 0.387 e. The molecule has 0 amide bonds. The number of nitrogens with zero attached hydrogens (tertiary/aromatic N) is 7. The third-order valence-electron chi connectivity index (χ3n) is 7.39. The summed E-state index contributed by atoms with van der Waals surface area (Å²) in [6.45, 7) is -9.76. The average Bonchev–Trinajstić information content (AvgIpc) is 3.71. The number of nitrogen functional groups attached to an aromatic ring is 2. The van der Waals surface area contributed by atoms with Gasteiger partial charge in [-0.2, -0.15) is 0 Å². The molecule has 0 radical (unpaired) electrons. The minimum Gasteiger partial charge on any atom is -0.387 e. The fraction of sp³-hybridized carbons (Fsp3) is 0.500. The first kappa shape index (κ1) is 31.0. The highest BCUT2D eigenvalue weighted by molar-refractivity contribution is 8.44. The molecule has 45 heavy (non-hydrogen) atoms. The van der Waals surface area contributed by atoms with Crippen molar-refractivity contribution >= 4 is 71.5 Å². The highest BCUT2D eigenvalue weighted by Gasteiger charge is 2.53. The monoisotopic (exact) mass is 706 g/mol. The van der Waals surface area contributed by atoms with Gasteiger partial charge in [0.2, 0.25) is 0 Å². The van der Waals surface area contributed by atoms with Gasteiger partial charge in [-0.3, -0.25) is 18.1 Å². The number of nitrogens with one attached hydrogen (secondary N) is 1. The lowest BCUT2D eigenvalue weighted by Crippen LogP contribution is -2.37. The van der Waals surface area contributed by atoms with Crippen LogP contribution in [0.3, 0.4) is 0 Å². The quantitative estimate of drug-likeness (QED) is 0.0942. The number of aromatic amines is 1. The van der Waals surface area contributed by atoms with Crippen LogP contribution in [-0.2, 0) is 43.9 Å². The molecule has 7 rings (SSSR count). The van der Waals surface area contributed by atoms with E-state index in [1.54, 1.807) is 0 Å². The molecular formula is C20H24N10O11P2S2. The Morgan fingerprint density at radius 1 is 0.933 bits per heavy atom. The Kier molecular flexibility index (Phi) is 7.76. The molecule has 2 unspecified atom stereocenters. The van der Waals surface area contributed by atoms with Crippen molar-refractivity contribution in [1.82, 2.24) is 39.0 Å². The van der Waals surface area contributed by atoms with Crippen LogP contribution in [0.1, 0.15) is 12.5 Å². The van der Waals surface area contributed by atoms with E-state index in [4.69, 9.17) is 50.8 Å². The first-order chi connectivity index (χ1) is 21.3. The number of ether oxygens (including phenoxy) is 2. The van der Waals surface area contributed by atoms with Crippen molar-refractivity contribution in [3.05, 3.63) is 29.5 Å². The van der Waals surface area contributed by atoms with E-state index in [0.717, 1.165) is 10.9 Å². The molecule has 0 saturated carbocycles. The van der Waals surface area contributed by atoms with E-state index in [0.29, 0.717) is 0 Å². The summed E-state index contributed by atoms with van der Waals surface area (Å²) in [4.78, 5) is 46.5.